The highest BCUT2D eigenvalue weighted by Gasteiger charge is 2.26. The molecule has 0 saturated carbocycles. The molecule has 7 heteroatoms. The molecular formula is C13H8N2O3S2. The molecule has 0 unspecified atom stereocenters. The molecule has 1 aliphatic heterocycles. The van der Waals surface area contributed by atoms with Gasteiger partial charge in [0.05, 0.1) is 15.6 Å². The van der Waals surface area contributed by atoms with Crippen LogP contribution in [0.1, 0.15) is 10.4 Å². The van der Waals surface area contributed by atoms with Crippen LogP contribution in [0, 0.1) is 0 Å². The van der Waals surface area contributed by atoms with Crippen molar-refractivity contribution in [3.63, 3.8) is 0 Å². The second-order valence-corrected chi connectivity index (χ2v) is 5.53. The Morgan fingerprint density at radius 3 is 2.80 bits per heavy atom. The Kier molecular flexibility index (Phi) is 3.07. The van der Waals surface area contributed by atoms with Gasteiger partial charge in [0.25, 0.3) is 0 Å². The first-order valence-electron chi connectivity index (χ1n) is 5.62. The van der Waals surface area contributed by atoms with E-state index in [1.807, 2.05) is 6.07 Å². The Hall–Kier alpha value is -2.12. The number of thiazole rings is 1. The minimum absolute atomic E-state index is 0.0280. The lowest BCUT2D eigenvalue weighted by Gasteiger charge is -2.01. The van der Waals surface area contributed by atoms with Crippen LogP contribution in [-0.2, 0) is 4.79 Å². The fourth-order valence-electron chi connectivity index (χ4n) is 1.98. The van der Waals surface area contributed by atoms with Gasteiger partial charge in [-0.25, -0.2) is 9.79 Å². The molecule has 0 radical (unpaired) electrons. The summed E-state index contributed by atoms with van der Waals surface area (Å²) in [5.74, 6) is -1.10. The van der Waals surface area contributed by atoms with E-state index in [-0.39, 0.29) is 10.6 Å². The molecule has 5 nitrogen and oxygen atoms in total. The zero-order chi connectivity index (χ0) is 14.3. The molecule has 2 aromatic rings. The van der Waals surface area contributed by atoms with Crippen LogP contribution in [0.15, 0.2) is 39.1 Å². The number of H-pyrrole nitrogens is 1. The zero-order valence-corrected chi connectivity index (χ0v) is 11.7. The zero-order valence-electron chi connectivity index (χ0n) is 9.95. The summed E-state index contributed by atoms with van der Waals surface area (Å²) in [4.78, 5) is 29.6. The number of carboxylic acid groups (broad SMARTS) is 1. The van der Waals surface area contributed by atoms with Gasteiger partial charge in [0.15, 0.2) is 5.71 Å². The van der Waals surface area contributed by atoms with Crippen molar-refractivity contribution >= 4 is 53.0 Å². The molecule has 0 fully saturated rings. The first-order chi connectivity index (χ1) is 9.56. The van der Waals surface area contributed by atoms with Crippen LogP contribution in [0.25, 0.3) is 11.6 Å². The molecule has 0 atom stereocenters. The molecule has 1 aromatic carbocycles. The lowest BCUT2D eigenvalue weighted by molar-refractivity contribution is -0.129. The topological polar surface area (TPSA) is 82.5 Å². The van der Waals surface area contributed by atoms with E-state index >= 15 is 0 Å². The molecule has 100 valence electrons. The highest BCUT2D eigenvalue weighted by molar-refractivity contribution is 7.80. The molecule has 0 bridgehead atoms. The Morgan fingerprint density at radius 1 is 1.40 bits per heavy atom. The predicted molar refractivity (Wildman–Crippen MR) is 81.2 cm³/mol. The monoisotopic (exact) mass is 304 g/mol. The highest BCUT2D eigenvalue weighted by Crippen LogP contribution is 2.36. The summed E-state index contributed by atoms with van der Waals surface area (Å²) in [5.41, 5.74) is 1.80. The summed E-state index contributed by atoms with van der Waals surface area (Å²) in [5, 5.41) is 9.67. The standard InChI is InChI=1S/C13H8N2O3S2/c16-12(17)10-7(5-9-11(19)15-13(18)20-9)6-3-1-2-4-8(6)14-10/h1-5,19H,(H,15,18)(H,16,17)/b7-5+. The maximum Gasteiger partial charge on any atom is 0.355 e. The van der Waals surface area contributed by atoms with Crippen molar-refractivity contribution in [2.45, 2.75) is 5.03 Å². The number of nitrogens with zero attached hydrogens (tertiary/aromatic N) is 1. The van der Waals surface area contributed by atoms with Crippen molar-refractivity contribution in [1.29, 1.82) is 0 Å². The number of para-hydroxylation sites is 1. The second-order valence-electron chi connectivity index (χ2n) is 4.07. The third-order valence-electron chi connectivity index (χ3n) is 2.82. The fourth-order valence-corrected chi connectivity index (χ4v) is 3.03. The van der Waals surface area contributed by atoms with Crippen molar-refractivity contribution in [2.75, 3.05) is 0 Å². The number of aromatic nitrogens is 1. The van der Waals surface area contributed by atoms with Crippen molar-refractivity contribution in [1.82, 2.24) is 4.98 Å². The van der Waals surface area contributed by atoms with Gasteiger partial charge in [-0.3, -0.25) is 4.79 Å². The summed E-state index contributed by atoms with van der Waals surface area (Å²) in [6.07, 6.45) is 1.63. The van der Waals surface area contributed by atoms with Gasteiger partial charge >= 0.3 is 10.8 Å². The number of aliphatic imine (C=N–C) groups is 1. The predicted octanol–water partition coefficient (Wildman–Crippen LogP) is 2.44. The average molecular weight is 304 g/mol. The van der Waals surface area contributed by atoms with Gasteiger partial charge in [0.2, 0.25) is 0 Å². The third-order valence-corrected chi connectivity index (χ3v) is 4.15. The van der Waals surface area contributed by atoms with Crippen LogP contribution in [-0.4, -0.2) is 21.8 Å². The molecule has 0 spiro atoms. The molecule has 1 aromatic heterocycles. The van der Waals surface area contributed by atoms with E-state index in [1.54, 1.807) is 24.3 Å². The average Bonchev–Trinajstić information content (AvgIpc) is 2.91. The maximum atomic E-state index is 11.3. The van der Waals surface area contributed by atoms with E-state index < -0.39 is 5.97 Å². The number of thiol groups is 1. The summed E-state index contributed by atoms with van der Waals surface area (Å²) < 4.78 is 0. The van der Waals surface area contributed by atoms with Crippen molar-refractivity contribution in [3.8, 4) is 0 Å². The molecule has 20 heavy (non-hydrogen) atoms. The fraction of sp³-hybridized carbons (Fsp3) is 0. The maximum absolute atomic E-state index is 11.3. The van der Waals surface area contributed by atoms with Crippen LogP contribution in [0.4, 0.5) is 5.69 Å². The molecule has 0 saturated heterocycles. The Bertz CT molecular complexity index is 830. The molecule has 2 heterocycles. The van der Waals surface area contributed by atoms with E-state index in [0.717, 1.165) is 16.9 Å². The highest BCUT2D eigenvalue weighted by atomic mass is 32.1. The van der Waals surface area contributed by atoms with Gasteiger partial charge in [-0.2, -0.15) is 0 Å². The first kappa shape index (κ1) is 12.9. The summed E-state index contributed by atoms with van der Waals surface area (Å²) >= 11 is 5.14. The minimum Gasteiger partial charge on any atom is -0.476 e. The number of aromatic amines is 1. The van der Waals surface area contributed by atoms with Gasteiger partial charge in [-0.15, -0.1) is 12.6 Å². The molecule has 3 rings (SSSR count). The largest absolute Gasteiger partial charge is 0.476 e. The summed E-state index contributed by atoms with van der Waals surface area (Å²) in [6.45, 7) is 0. The van der Waals surface area contributed by atoms with E-state index in [1.165, 1.54) is 0 Å². The minimum atomic E-state index is -1.10. The SMILES string of the molecule is O=C(O)C1=Nc2ccccc2/C1=C\c1sc(=O)[nH]c1S. The molecule has 0 aliphatic carbocycles. The number of nitrogens with one attached hydrogen (secondary N) is 1. The van der Waals surface area contributed by atoms with Crippen molar-refractivity contribution < 1.29 is 9.90 Å². The number of carboxylic acids is 1. The van der Waals surface area contributed by atoms with E-state index in [9.17, 15) is 14.7 Å². The van der Waals surface area contributed by atoms with Crippen LogP contribution in [0.3, 0.4) is 0 Å². The molecule has 2 N–H and O–H groups in total. The number of hydrogen-bond acceptors (Lipinski definition) is 5. The molecular weight excluding hydrogens is 296 g/mol. The van der Waals surface area contributed by atoms with Crippen molar-refractivity contribution in [3.05, 3.63) is 44.4 Å². The first-order valence-corrected chi connectivity index (χ1v) is 6.88. The van der Waals surface area contributed by atoms with E-state index in [2.05, 4.69) is 22.6 Å². The third kappa shape index (κ3) is 2.10. The number of aliphatic carboxylic acids is 1. The quantitative estimate of drug-likeness (QED) is 0.745. The number of fused-ring (bicyclic) bond motifs is 1. The Morgan fingerprint density at radius 2 is 2.15 bits per heavy atom. The molecule has 1 aliphatic rings. The van der Waals surface area contributed by atoms with Gasteiger partial charge in [0, 0.05) is 11.1 Å². The number of hydrogen-bond donors (Lipinski definition) is 3. The molecule has 0 amide bonds. The Labute approximate surface area is 122 Å². The van der Waals surface area contributed by atoms with Crippen LogP contribution in [0.5, 0.6) is 0 Å². The Balaban J connectivity index is 2.20. The number of benzene rings is 1. The van der Waals surface area contributed by atoms with Gasteiger partial charge in [-0.05, 0) is 12.1 Å². The van der Waals surface area contributed by atoms with E-state index in [0.29, 0.717) is 21.2 Å². The van der Waals surface area contributed by atoms with Gasteiger partial charge in [-0.1, -0.05) is 29.5 Å². The second kappa shape index (κ2) is 4.77. The normalized spacial score (nSPS) is 15.2. The smallest absolute Gasteiger partial charge is 0.355 e. The van der Waals surface area contributed by atoms with Crippen molar-refractivity contribution in [2.24, 2.45) is 4.99 Å². The van der Waals surface area contributed by atoms with Crippen LogP contribution in [0.2, 0.25) is 0 Å². The van der Waals surface area contributed by atoms with Gasteiger partial charge < -0.3 is 10.1 Å². The van der Waals surface area contributed by atoms with Crippen LogP contribution < -0.4 is 4.87 Å². The van der Waals surface area contributed by atoms with Crippen LogP contribution >= 0.6 is 24.0 Å². The summed E-state index contributed by atoms with van der Waals surface area (Å²) in [6, 6.07) is 7.16. The number of carbonyl (C=O) groups is 1. The summed E-state index contributed by atoms with van der Waals surface area (Å²) in [7, 11) is 0. The van der Waals surface area contributed by atoms with Gasteiger partial charge in [0.1, 0.15) is 0 Å². The lowest BCUT2D eigenvalue weighted by atomic mass is 10.0. The van der Waals surface area contributed by atoms with E-state index in [4.69, 9.17) is 0 Å². The number of rotatable bonds is 2. The lowest BCUT2D eigenvalue weighted by Crippen LogP contribution is -2.11.